The predicted molar refractivity (Wildman–Crippen MR) is 130 cm³/mol. The van der Waals surface area contributed by atoms with E-state index in [1.54, 1.807) is 0 Å². The number of nitrogens with one attached hydrogen (secondary N) is 3. The van der Waals surface area contributed by atoms with Gasteiger partial charge in [0, 0.05) is 19.2 Å². The minimum Gasteiger partial charge on any atom is -0.326 e. The fourth-order valence-corrected chi connectivity index (χ4v) is 4.65. The van der Waals surface area contributed by atoms with Crippen LogP contribution in [0.1, 0.15) is 22.8 Å². The lowest BCUT2D eigenvalue weighted by atomic mass is 10.1. The highest BCUT2D eigenvalue weighted by Gasteiger charge is 2.20. The van der Waals surface area contributed by atoms with E-state index in [0.717, 1.165) is 6.07 Å². The number of carbonyl (C=O) groups excluding carboxylic acids is 2. The summed E-state index contributed by atoms with van der Waals surface area (Å²) in [6.45, 7) is 1.29. The van der Waals surface area contributed by atoms with Crippen LogP contribution in [0.15, 0.2) is 59.5 Å². The molecule has 0 unspecified atom stereocenters. The first-order valence-electron chi connectivity index (χ1n) is 9.70. The summed E-state index contributed by atoms with van der Waals surface area (Å²) in [5.74, 6) is -1.97. The quantitative estimate of drug-likeness (QED) is 0.358. The normalized spacial score (nSPS) is 11.1. The molecule has 12 heteroatoms. The second kappa shape index (κ2) is 10.4. The molecule has 0 aliphatic heterocycles. The van der Waals surface area contributed by atoms with Gasteiger partial charge in [0.15, 0.2) is 0 Å². The van der Waals surface area contributed by atoms with Crippen molar-refractivity contribution in [3.8, 4) is 0 Å². The molecule has 2 amide bonds. The van der Waals surface area contributed by atoms with Crippen molar-refractivity contribution in [3.05, 3.63) is 81.6 Å². The first-order chi connectivity index (χ1) is 16.0. The van der Waals surface area contributed by atoms with Gasteiger partial charge in [-0.1, -0.05) is 35.3 Å². The number of anilines is 3. The number of amides is 2. The third-order valence-electron chi connectivity index (χ3n) is 4.58. The SMILES string of the molecule is CC(=O)Nc1ccc(S(=O)(=O)Nc2cc(NC(=O)c3c(F)cccc3Cl)ccc2CN)cc1Cl. The fourth-order valence-electron chi connectivity index (χ4n) is 2.99. The molecule has 3 aromatic rings. The van der Waals surface area contributed by atoms with Gasteiger partial charge in [0.25, 0.3) is 15.9 Å². The summed E-state index contributed by atoms with van der Waals surface area (Å²) in [6.07, 6.45) is 0. The van der Waals surface area contributed by atoms with Gasteiger partial charge in [-0.05, 0) is 48.0 Å². The van der Waals surface area contributed by atoms with E-state index in [1.807, 2.05) is 0 Å². The van der Waals surface area contributed by atoms with Crippen molar-refractivity contribution < 1.29 is 22.4 Å². The molecule has 0 saturated carbocycles. The van der Waals surface area contributed by atoms with Gasteiger partial charge in [-0.25, -0.2) is 12.8 Å². The summed E-state index contributed by atoms with van der Waals surface area (Å²) in [7, 11) is -4.12. The topological polar surface area (TPSA) is 130 Å². The highest BCUT2D eigenvalue weighted by Crippen LogP contribution is 2.29. The Bertz CT molecular complexity index is 1360. The second-order valence-corrected chi connectivity index (χ2v) is 9.55. The molecular formula is C22H19Cl2FN4O4S. The Morgan fingerprint density at radius 1 is 0.971 bits per heavy atom. The lowest BCUT2D eigenvalue weighted by Gasteiger charge is -2.15. The van der Waals surface area contributed by atoms with Crippen molar-refractivity contribution in [2.75, 3.05) is 15.4 Å². The highest BCUT2D eigenvalue weighted by atomic mass is 35.5. The van der Waals surface area contributed by atoms with Crippen LogP contribution in [-0.2, 0) is 21.4 Å². The van der Waals surface area contributed by atoms with Crippen molar-refractivity contribution in [1.82, 2.24) is 0 Å². The minimum atomic E-state index is -4.12. The number of hydrogen-bond acceptors (Lipinski definition) is 5. The molecule has 0 aliphatic carbocycles. The van der Waals surface area contributed by atoms with E-state index in [1.165, 1.54) is 55.5 Å². The lowest BCUT2D eigenvalue weighted by molar-refractivity contribution is -0.114. The molecular weight excluding hydrogens is 506 g/mol. The van der Waals surface area contributed by atoms with E-state index in [4.69, 9.17) is 28.9 Å². The zero-order valence-corrected chi connectivity index (χ0v) is 20.0. The number of benzene rings is 3. The maximum atomic E-state index is 14.1. The standard InChI is InChI=1S/C22H19Cl2FN4O4S/c1-12(30)27-19-8-7-15(10-17(19)24)34(32,33)29-20-9-14(6-5-13(20)11-26)28-22(31)21-16(23)3-2-4-18(21)25/h2-10,29H,11,26H2,1H3,(H,27,30)(H,28,31). The maximum Gasteiger partial charge on any atom is 0.261 e. The van der Waals surface area contributed by atoms with Crippen molar-refractivity contribution in [2.24, 2.45) is 5.73 Å². The number of hydrogen-bond donors (Lipinski definition) is 4. The third kappa shape index (κ3) is 5.84. The molecule has 0 aliphatic rings. The lowest BCUT2D eigenvalue weighted by Crippen LogP contribution is -2.17. The van der Waals surface area contributed by atoms with Crippen LogP contribution in [-0.4, -0.2) is 20.2 Å². The Morgan fingerprint density at radius 3 is 2.32 bits per heavy atom. The predicted octanol–water partition coefficient (Wildman–Crippen LogP) is 4.60. The average Bonchev–Trinajstić information content (AvgIpc) is 2.74. The molecule has 0 heterocycles. The van der Waals surface area contributed by atoms with Gasteiger partial charge in [-0.15, -0.1) is 0 Å². The van der Waals surface area contributed by atoms with Gasteiger partial charge in [0.05, 0.1) is 31.9 Å². The first kappa shape index (κ1) is 25.4. The summed E-state index contributed by atoms with van der Waals surface area (Å²) in [4.78, 5) is 23.6. The van der Waals surface area contributed by atoms with E-state index in [-0.39, 0.29) is 50.0 Å². The number of nitrogens with two attached hydrogens (primary N) is 1. The van der Waals surface area contributed by atoms with Crippen LogP contribution in [0.2, 0.25) is 10.0 Å². The summed E-state index contributed by atoms with van der Waals surface area (Å²) >= 11 is 12.0. The average molecular weight is 525 g/mol. The largest absolute Gasteiger partial charge is 0.326 e. The maximum absolute atomic E-state index is 14.1. The Hall–Kier alpha value is -3.18. The third-order valence-corrected chi connectivity index (χ3v) is 6.57. The van der Waals surface area contributed by atoms with Crippen LogP contribution in [0.4, 0.5) is 21.5 Å². The van der Waals surface area contributed by atoms with Crippen molar-refractivity contribution in [2.45, 2.75) is 18.4 Å². The molecule has 0 aromatic heterocycles. The molecule has 3 aromatic carbocycles. The number of sulfonamides is 1. The Kier molecular flexibility index (Phi) is 7.78. The van der Waals surface area contributed by atoms with Crippen LogP contribution < -0.4 is 21.1 Å². The molecule has 3 rings (SSSR count). The van der Waals surface area contributed by atoms with Crippen molar-refractivity contribution >= 4 is 62.1 Å². The monoisotopic (exact) mass is 524 g/mol. The summed E-state index contributed by atoms with van der Waals surface area (Å²) in [6, 6.07) is 12.0. The van der Waals surface area contributed by atoms with Gasteiger partial charge in [-0.2, -0.15) is 0 Å². The van der Waals surface area contributed by atoms with Crippen LogP contribution in [0, 0.1) is 5.82 Å². The van der Waals surface area contributed by atoms with Crippen molar-refractivity contribution in [3.63, 3.8) is 0 Å². The van der Waals surface area contributed by atoms with Crippen LogP contribution in [0.25, 0.3) is 0 Å². The molecule has 178 valence electrons. The molecule has 5 N–H and O–H groups in total. The fraction of sp³-hybridized carbons (Fsp3) is 0.0909. The van der Waals surface area contributed by atoms with E-state index in [9.17, 15) is 22.4 Å². The van der Waals surface area contributed by atoms with Crippen LogP contribution in [0.3, 0.4) is 0 Å². The Morgan fingerprint density at radius 2 is 1.71 bits per heavy atom. The number of carbonyl (C=O) groups is 2. The highest BCUT2D eigenvalue weighted by molar-refractivity contribution is 7.92. The zero-order chi connectivity index (χ0) is 25.0. The molecule has 0 bridgehead atoms. The number of rotatable bonds is 7. The molecule has 0 atom stereocenters. The zero-order valence-electron chi connectivity index (χ0n) is 17.7. The number of halogens is 3. The van der Waals surface area contributed by atoms with Crippen LogP contribution >= 0.6 is 23.2 Å². The van der Waals surface area contributed by atoms with E-state index < -0.39 is 21.7 Å². The molecule has 0 saturated heterocycles. The Labute approximate surface area is 205 Å². The van der Waals surface area contributed by atoms with E-state index in [2.05, 4.69) is 15.4 Å². The smallest absolute Gasteiger partial charge is 0.261 e. The van der Waals surface area contributed by atoms with Gasteiger partial charge in [0.1, 0.15) is 5.82 Å². The van der Waals surface area contributed by atoms with Gasteiger partial charge in [-0.3, -0.25) is 14.3 Å². The van der Waals surface area contributed by atoms with Gasteiger partial charge >= 0.3 is 0 Å². The van der Waals surface area contributed by atoms with E-state index in [0.29, 0.717) is 5.56 Å². The van der Waals surface area contributed by atoms with Crippen LogP contribution in [0.5, 0.6) is 0 Å². The molecule has 0 spiro atoms. The molecule has 0 fully saturated rings. The van der Waals surface area contributed by atoms with Crippen molar-refractivity contribution in [1.29, 1.82) is 0 Å². The summed E-state index contributed by atoms with van der Waals surface area (Å²) < 4.78 is 42.4. The van der Waals surface area contributed by atoms with Gasteiger partial charge in [0.2, 0.25) is 5.91 Å². The Balaban J connectivity index is 1.89. The molecule has 34 heavy (non-hydrogen) atoms. The summed E-state index contributed by atoms with van der Waals surface area (Å²) in [5.41, 5.74) is 6.36. The second-order valence-electron chi connectivity index (χ2n) is 7.06. The first-order valence-corrected chi connectivity index (χ1v) is 11.9. The summed E-state index contributed by atoms with van der Waals surface area (Å²) in [5, 5.41) is 4.93. The molecule has 8 nitrogen and oxygen atoms in total. The van der Waals surface area contributed by atoms with E-state index >= 15 is 0 Å². The molecule has 0 radical (unpaired) electrons. The minimum absolute atomic E-state index is 0.00650. The van der Waals surface area contributed by atoms with Gasteiger partial charge < -0.3 is 16.4 Å².